The van der Waals surface area contributed by atoms with Gasteiger partial charge < -0.3 is 15.6 Å². The first-order chi connectivity index (χ1) is 8.59. The summed E-state index contributed by atoms with van der Waals surface area (Å²) >= 11 is 6.13. The number of amides is 1. The van der Waals surface area contributed by atoms with Gasteiger partial charge in [-0.1, -0.05) is 17.7 Å². The molecule has 1 aliphatic rings. The Morgan fingerprint density at radius 1 is 1.56 bits per heavy atom. The van der Waals surface area contributed by atoms with Gasteiger partial charge in [-0.05, 0) is 24.1 Å². The summed E-state index contributed by atoms with van der Waals surface area (Å²) in [7, 11) is 0. The van der Waals surface area contributed by atoms with Crippen molar-refractivity contribution in [3.8, 4) is 0 Å². The molecule has 3 N–H and O–H groups in total. The molecule has 0 bridgehead atoms. The number of hydrogen-bond donors (Lipinski definition) is 2. The Morgan fingerprint density at radius 3 is 3.00 bits per heavy atom. The van der Waals surface area contributed by atoms with Gasteiger partial charge in [-0.2, -0.15) is 0 Å². The molecule has 2 rings (SSSR count). The van der Waals surface area contributed by atoms with Crippen LogP contribution in [0.4, 0.5) is 10.5 Å². The molecule has 0 spiro atoms. The average molecular weight is 271 g/mol. The number of nitrogens with zero attached hydrogens (tertiary/aromatic N) is 1. The molecular weight excluding hydrogens is 256 g/mol. The smallest absolute Gasteiger partial charge is 0.407 e. The highest BCUT2D eigenvalue weighted by Crippen LogP contribution is 2.31. The molecule has 0 aliphatic carbocycles. The zero-order chi connectivity index (χ0) is 13.1. The van der Waals surface area contributed by atoms with Crippen molar-refractivity contribution >= 4 is 23.4 Å². The molecular formula is C12H15ClN2O3. The van der Waals surface area contributed by atoms with Crippen LogP contribution in [0, 0.1) is 0 Å². The lowest BCUT2D eigenvalue weighted by molar-refractivity contribution is 0.0905. The number of nitrogen functional groups attached to an aromatic ring is 1. The molecule has 98 valence electrons. The molecule has 18 heavy (non-hydrogen) atoms. The third kappa shape index (κ3) is 2.68. The van der Waals surface area contributed by atoms with Gasteiger partial charge in [0.1, 0.15) is 0 Å². The van der Waals surface area contributed by atoms with Crippen LogP contribution in [0.25, 0.3) is 0 Å². The van der Waals surface area contributed by atoms with E-state index in [1.54, 1.807) is 18.2 Å². The fraction of sp³-hybridized carbons (Fsp3) is 0.417. The maximum atomic E-state index is 11.3. The van der Waals surface area contributed by atoms with Crippen LogP contribution in [0.3, 0.4) is 0 Å². The molecule has 1 aliphatic heterocycles. The van der Waals surface area contributed by atoms with E-state index >= 15 is 0 Å². The quantitative estimate of drug-likeness (QED) is 0.768. The highest BCUT2D eigenvalue weighted by atomic mass is 35.5. The lowest BCUT2D eigenvalue weighted by atomic mass is 10.1. The number of benzene rings is 1. The van der Waals surface area contributed by atoms with E-state index in [-0.39, 0.29) is 6.04 Å². The molecule has 1 aromatic rings. The zero-order valence-corrected chi connectivity index (χ0v) is 10.6. The van der Waals surface area contributed by atoms with E-state index in [0.717, 1.165) is 5.56 Å². The van der Waals surface area contributed by atoms with Crippen LogP contribution in [0.2, 0.25) is 5.02 Å². The Balaban J connectivity index is 2.34. The van der Waals surface area contributed by atoms with Crippen LogP contribution in [0.1, 0.15) is 18.0 Å². The van der Waals surface area contributed by atoms with Crippen molar-refractivity contribution in [1.82, 2.24) is 4.90 Å². The Morgan fingerprint density at radius 2 is 2.33 bits per heavy atom. The lowest BCUT2D eigenvalue weighted by Crippen LogP contribution is -2.35. The predicted molar refractivity (Wildman–Crippen MR) is 68.8 cm³/mol. The van der Waals surface area contributed by atoms with E-state index in [0.29, 0.717) is 36.9 Å². The summed E-state index contributed by atoms with van der Waals surface area (Å²) < 4.78 is 5.43. The summed E-state index contributed by atoms with van der Waals surface area (Å²) in [5, 5.41) is 9.71. The third-order valence-corrected chi connectivity index (χ3v) is 3.30. The van der Waals surface area contributed by atoms with Crippen molar-refractivity contribution in [2.24, 2.45) is 0 Å². The SMILES string of the molecule is Nc1ccc(C2COCCCN2C(=O)O)c(Cl)c1. The minimum Gasteiger partial charge on any atom is -0.465 e. The number of carboxylic acid groups (broad SMARTS) is 1. The standard InChI is InChI=1S/C12H15ClN2O3/c13-10-6-8(14)2-3-9(10)11-7-18-5-1-4-15(11)12(16)17/h2-3,6,11H,1,4-5,7,14H2,(H,16,17). The topological polar surface area (TPSA) is 75.8 Å². The number of halogens is 1. The first kappa shape index (κ1) is 13.0. The Kier molecular flexibility index (Phi) is 3.93. The fourth-order valence-electron chi connectivity index (χ4n) is 2.08. The van der Waals surface area contributed by atoms with Gasteiger partial charge in [-0.25, -0.2) is 4.79 Å². The first-order valence-electron chi connectivity index (χ1n) is 5.72. The molecule has 0 radical (unpaired) electrons. The summed E-state index contributed by atoms with van der Waals surface area (Å²) in [6.45, 7) is 1.32. The number of nitrogens with two attached hydrogens (primary N) is 1. The molecule has 1 atom stereocenters. The summed E-state index contributed by atoms with van der Waals surface area (Å²) in [5.74, 6) is 0. The van der Waals surface area contributed by atoms with Crippen molar-refractivity contribution in [3.63, 3.8) is 0 Å². The van der Waals surface area contributed by atoms with Gasteiger partial charge in [0.2, 0.25) is 0 Å². The molecule has 6 heteroatoms. The van der Waals surface area contributed by atoms with Crippen LogP contribution in [-0.2, 0) is 4.74 Å². The van der Waals surface area contributed by atoms with Crippen LogP contribution in [0.15, 0.2) is 18.2 Å². The summed E-state index contributed by atoms with van der Waals surface area (Å²) in [6.07, 6.45) is -0.270. The van der Waals surface area contributed by atoms with Crippen LogP contribution < -0.4 is 5.73 Å². The Hall–Kier alpha value is -1.46. The molecule has 1 heterocycles. The normalized spacial score (nSPS) is 20.5. The maximum Gasteiger partial charge on any atom is 0.407 e. The molecule has 1 unspecified atom stereocenters. The van der Waals surface area contributed by atoms with Crippen molar-refractivity contribution < 1.29 is 14.6 Å². The lowest BCUT2D eigenvalue weighted by Gasteiger charge is -2.27. The number of anilines is 1. The van der Waals surface area contributed by atoms with Crippen LogP contribution in [-0.4, -0.2) is 35.9 Å². The number of ether oxygens (including phenoxy) is 1. The monoisotopic (exact) mass is 270 g/mol. The van der Waals surface area contributed by atoms with Gasteiger partial charge in [0.25, 0.3) is 0 Å². The van der Waals surface area contributed by atoms with Gasteiger partial charge in [0.05, 0.1) is 12.6 Å². The third-order valence-electron chi connectivity index (χ3n) is 2.97. The van der Waals surface area contributed by atoms with E-state index in [9.17, 15) is 9.90 Å². The van der Waals surface area contributed by atoms with Crippen molar-refractivity contribution in [2.75, 3.05) is 25.5 Å². The average Bonchev–Trinajstić information content (AvgIpc) is 2.54. The Labute approximate surface area is 110 Å². The zero-order valence-electron chi connectivity index (χ0n) is 9.80. The second-order valence-electron chi connectivity index (χ2n) is 4.20. The predicted octanol–water partition coefficient (Wildman–Crippen LogP) is 2.36. The molecule has 0 saturated carbocycles. The van der Waals surface area contributed by atoms with Crippen LogP contribution in [0.5, 0.6) is 0 Å². The molecule has 1 saturated heterocycles. The minimum absolute atomic E-state index is 0.315. The van der Waals surface area contributed by atoms with Gasteiger partial charge in [0.15, 0.2) is 0 Å². The van der Waals surface area contributed by atoms with Crippen molar-refractivity contribution in [1.29, 1.82) is 0 Å². The van der Waals surface area contributed by atoms with Gasteiger partial charge in [-0.3, -0.25) is 4.90 Å². The molecule has 1 amide bonds. The second-order valence-corrected chi connectivity index (χ2v) is 4.61. The molecule has 5 nitrogen and oxygen atoms in total. The highest BCUT2D eigenvalue weighted by molar-refractivity contribution is 6.31. The van der Waals surface area contributed by atoms with E-state index in [2.05, 4.69) is 0 Å². The van der Waals surface area contributed by atoms with Gasteiger partial charge in [-0.15, -0.1) is 0 Å². The van der Waals surface area contributed by atoms with Gasteiger partial charge >= 0.3 is 6.09 Å². The molecule has 1 fully saturated rings. The van der Waals surface area contributed by atoms with Gasteiger partial charge in [0, 0.05) is 23.9 Å². The number of rotatable bonds is 1. The number of carbonyl (C=O) groups is 1. The first-order valence-corrected chi connectivity index (χ1v) is 6.09. The van der Waals surface area contributed by atoms with Crippen molar-refractivity contribution in [2.45, 2.75) is 12.5 Å². The Bertz CT molecular complexity index is 453. The van der Waals surface area contributed by atoms with E-state index < -0.39 is 6.09 Å². The highest BCUT2D eigenvalue weighted by Gasteiger charge is 2.28. The van der Waals surface area contributed by atoms with Crippen molar-refractivity contribution in [3.05, 3.63) is 28.8 Å². The van der Waals surface area contributed by atoms with E-state index in [4.69, 9.17) is 22.1 Å². The summed E-state index contributed by atoms with van der Waals surface area (Å²) in [4.78, 5) is 12.6. The number of hydrogen-bond acceptors (Lipinski definition) is 3. The van der Waals surface area contributed by atoms with Crippen LogP contribution >= 0.6 is 11.6 Å². The summed E-state index contributed by atoms with van der Waals surface area (Å²) in [5.41, 5.74) is 6.92. The summed E-state index contributed by atoms with van der Waals surface area (Å²) in [6, 6.07) is 4.72. The fourth-order valence-corrected chi connectivity index (χ4v) is 2.39. The largest absolute Gasteiger partial charge is 0.465 e. The molecule has 1 aromatic carbocycles. The maximum absolute atomic E-state index is 11.3. The molecule has 0 aromatic heterocycles. The minimum atomic E-state index is -0.960. The van der Waals surface area contributed by atoms with E-state index in [1.165, 1.54) is 4.90 Å². The van der Waals surface area contributed by atoms with E-state index in [1.807, 2.05) is 0 Å². The second kappa shape index (κ2) is 5.46.